The molecular formula is C27H43ClN4O5. The van der Waals surface area contributed by atoms with Gasteiger partial charge in [0.25, 0.3) is 0 Å². The Morgan fingerprint density at radius 3 is 2.81 bits per heavy atom. The minimum absolute atomic E-state index is 0.0428. The number of amides is 3. The monoisotopic (exact) mass is 538 g/mol. The first-order valence-electron chi connectivity index (χ1n) is 13.4. The van der Waals surface area contributed by atoms with E-state index in [2.05, 4.69) is 20.7 Å². The quantitative estimate of drug-likeness (QED) is 0.370. The van der Waals surface area contributed by atoms with E-state index in [-0.39, 0.29) is 24.1 Å². The van der Waals surface area contributed by atoms with Gasteiger partial charge in [-0.05, 0) is 75.3 Å². The number of carbonyl (C=O) groups is 2. The number of carbonyl (C=O) groups excluding carboxylic acids is 2. The maximum Gasteiger partial charge on any atom is 0.406 e. The van der Waals surface area contributed by atoms with Crippen LogP contribution in [0.15, 0.2) is 18.2 Å². The van der Waals surface area contributed by atoms with Gasteiger partial charge in [0.1, 0.15) is 0 Å². The fourth-order valence-electron chi connectivity index (χ4n) is 5.27. The van der Waals surface area contributed by atoms with E-state index < -0.39 is 6.09 Å². The Balaban J connectivity index is 1.60. The second kappa shape index (κ2) is 15.4. The van der Waals surface area contributed by atoms with Gasteiger partial charge in [-0.1, -0.05) is 17.7 Å². The number of alkyl carbamates (subject to hydrolysis) is 1. The lowest BCUT2D eigenvalue weighted by Crippen LogP contribution is -2.50. The van der Waals surface area contributed by atoms with E-state index >= 15 is 0 Å². The van der Waals surface area contributed by atoms with Crippen LogP contribution in [0, 0.1) is 18.8 Å². The Bertz CT molecular complexity index is 867. The molecule has 3 rings (SSSR count). The molecule has 2 aliphatic heterocycles. The van der Waals surface area contributed by atoms with Crippen LogP contribution in [0.3, 0.4) is 0 Å². The topological polar surface area (TPSA) is 101 Å². The van der Waals surface area contributed by atoms with Gasteiger partial charge in [0.05, 0.1) is 19.8 Å². The molecule has 37 heavy (non-hydrogen) atoms. The van der Waals surface area contributed by atoms with Crippen LogP contribution in [0.1, 0.15) is 49.3 Å². The van der Waals surface area contributed by atoms with E-state index in [1.165, 1.54) is 13.5 Å². The number of hydrogen-bond donors (Lipinski definition) is 3. The summed E-state index contributed by atoms with van der Waals surface area (Å²) in [4.78, 5) is 26.5. The number of methoxy groups -OCH3 is 1. The molecule has 2 heterocycles. The summed E-state index contributed by atoms with van der Waals surface area (Å²) in [5, 5.41) is 9.80. The number of nitrogens with zero attached hydrogens (tertiary/aromatic N) is 1. The molecule has 208 valence electrons. The third-order valence-corrected chi connectivity index (χ3v) is 7.59. The molecule has 4 atom stereocenters. The molecule has 2 saturated heterocycles. The molecule has 10 heteroatoms. The van der Waals surface area contributed by atoms with Crippen LogP contribution in [0.5, 0.6) is 0 Å². The normalized spacial score (nSPS) is 21.7. The molecule has 0 aromatic heterocycles. The number of rotatable bonds is 11. The Labute approximate surface area is 225 Å². The van der Waals surface area contributed by atoms with Crippen LogP contribution >= 0.6 is 11.6 Å². The lowest BCUT2D eigenvalue weighted by Gasteiger charge is -2.38. The Hall–Kier alpha value is -2.07. The van der Waals surface area contributed by atoms with E-state index in [1.54, 1.807) is 0 Å². The average Bonchev–Trinajstić information content (AvgIpc) is 2.92. The van der Waals surface area contributed by atoms with E-state index in [4.69, 9.17) is 21.1 Å². The maximum atomic E-state index is 13.1. The summed E-state index contributed by atoms with van der Waals surface area (Å²) in [6, 6.07) is 5.97. The van der Waals surface area contributed by atoms with Crippen molar-refractivity contribution in [1.29, 1.82) is 0 Å². The number of halogens is 1. The summed E-state index contributed by atoms with van der Waals surface area (Å²) in [7, 11) is 3.28. The smallest absolute Gasteiger partial charge is 0.406 e. The molecule has 1 aromatic carbocycles. The van der Waals surface area contributed by atoms with Gasteiger partial charge < -0.3 is 35.1 Å². The number of benzene rings is 1. The maximum absolute atomic E-state index is 13.1. The first-order chi connectivity index (χ1) is 17.9. The van der Waals surface area contributed by atoms with E-state index in [1.807, 2.05) is 37.1 Å². The summed E-state index contributed by atoms with van der Waals surface area (Å²) in [5.41, 5.74) is 2.10. The van der Waals surface area contributed by atoms with Gasteiger partial charge in [0, 0.05) is 56.4 Å². The molecule has 0 spiro atoms. The number of aryl methyl sites for hydroxylation is 1. The molecule has 0 radical (unpaired) electrons. The van der Waals surface area contributed by atoms with Gasteiger partial charge in [-0.2, -0.15) is 0 Å². The van der Waals surface area contributed by atoms with Crippen molar-refractivity contribution >= 4 is 23.7 Å². The molecular weight excluding hydrogens is 496 g/mol. The fourth-order valence-corrected chi connectivity index (χ4v) is 5.45. The Morgan fingerprint density at radius 1 is 1.24 bits per heavy atom. The van der Waals surface area contributed by atoms with Crippen molar-refractivity contribution in [3.63, 3.8) is 0 Å². The molecule has 9 nitrogen and oxygen atoms in total. The molecule has 0 bridgehead atoms. The third-order valence-electron chi connectivity index (χ3n) is 7.36. The summed E-state index contributed by atoms with van der Waals surface area (Å²) >= 11 is 6.34. The van der Waals surface area contributed by atoms with Crippen LogP contribution in [-0.2, 0) is 14.2 Å². The largest absolute Gasteiger partial charge is 0.453 e. The number of nitrogens with one attached hydrogen (secondary N) is 3. The van der Waals surface area contributed by atoms with Crippen molar-refractivity contribution in [2.45, 2.75) is 51.2 Å². The average molecular weight is 539 g/mol. The van der Waals surface area contributed by atoms with E-state index in [0.29, 0.717) is 43.7 Å². The third kappa shape index (κ3) is 9.32. The highest BCUT2D eigenvalue weighted by molar-refractivity contribution is 6.30. The lowest BCUT2D eigenvalue weighted by atomic mass is 9.86. The molecule has 1 unspecified atom stereocenters. The second-order valence-corrected chi connectivity index (χ2v) is 10.5. The highest BCUT2D eigenvalue weighted by Gasteiger charge is 2.32. The fraction of sp³-hybridized carbons (Fsp3) is 0.704. The first kappa shape index (κ1) is 29.5. The van der Waals surface area contributed by atoms with Gasteiger partial charge in [-0.15, -0.1) is 0 Å². The Morgan fingerprint density at radius 2 is 2.08 bits per heavy atom. The van der Waals surface area contributed by atoms with E-state index in [0.717, 1.165) is 50.0 Å². The standard InChI is InChI=1S/C27H43ClN4O5/c1-19-8-9-22(28)15-24(19)25(37-13-10-30-27(34)35-3)21-7-4-11-32(17-21)26(33)31-16-23(29-2)14-20-6-5-12-36-18-20/h8-9,15,20-21,23,25,29H,4-7,10-14,16-18H2,1-3H3,(H,30,34)(H,31,33)/t20-,21-,23+,25?/m1/s1. The molecule has 0 aliphatic carbocycles. The highest BCUT2D eigenvalue weighted by Crippen LogP contribution is 2.35. The number of likely N-dealkylation sites (tertiary alicyclic amines) is 1. The lowest BCUT2D eigenvalue weighted by molar-refractivity contribution is -0.00885. The van der Waals surface area contributed by atoms with Gasteiger partial charge in [-0.25, -0.2) is 9.59 Å². The zero-order chi connectivity index (χ0) is 26.6. The molecule has 2 fully saturated rings. The number of piperidine rings is 1. The molecule has 3 N–H and O–H groups in total. The minimum Gasteiger partial charge on any atom is -0.453 e. The predicted octanol–water partition coefficient (Wildman–Crippen LogP) is 3.89. The number of hydrogen-bond acceptors (Lipinski definition) is 6. The van der Waals surface area contributed by atoms with Crippen molar-refractivity contribution in [3.05, 3.63) is 34.3 Å². The van der Waals surface area contributed by atoms with Crippen LogP contribution < -0.4 is 16.0 Å². The first-order valence-corrected chi connectivity index (χ1v) is 13.8. The minimum atomic E-state index is -0.490. The number of ether oxygens (including phenoxy) is 3. The molecule has 2 aliphatic rings. The summed E-state index contributed by atoms with van der Waals surface area (Å²) in [5.74, 6) is 0.643. The number of urea groups is 1. The predicted molar refractivity (Wildman–Crippen MR) is 144 cm³/mol. The number of likely N-dealkylation sites (N-methyl/N-ethyl adjacent to an activating group) is 1. The highest BCUT2D eigenvalue weighted by atomic mass is 35.5. The molecule has 3 amide bonds. The zero-order valence-electron chi connectivity index (χ0n) is 22.4. The van der Waals surface area contributed by atoms with Crippen molar-refractivity contribution in [2.24, 2.45) is 11.8 Å². The van der Waals surface area contributed by atoms with Crippen molar-refractivity contribution < 1.29 is 23.8 Å². The van der Waals surface area contributed by atoms with Crippen LogP contribution in [0.25, 0.3) is 0 Å². The van der Waals surface area contributed by atoms with Gasteiger partial charge in [-0.3, -0.25) is 0 Å². The van der Waals surface area contributed by atoms with Crippen molar-refractivity contribution in [3.8, 4) is 0 Å². The van der Waals surface area contributed by atoms with Gasteiger partial charge in [0.2, 0.25) is 0 Å². The van der Waals surface area contributed by atoms with Crippen molar-refractivity contribution in [1.82, 2.24) is 20.9 Å². The summed E-state index contributed by atoms with van der Waals surface area (Å²) in [6.45, 7) is 6.24. The Kier molecular flexibility index (Phi) is 12.2. The van der Waals surface area contributed by atoms with Gasteiger partial charge in [0.15, 0.2) is 0 Å². The van der Waals surface area contributed by atoms with Crippen LogP contribution in [0.4, 0.5) is 9.59 Å². The SMILES string of the molecule is CN[C@H](CNC(=O)N1CCC[C@@H](C(OCCNC(=O)OC)c2cc(Cl)ccc2C)C1)C[C@H]1CCCOC1. The second-order valence-electron chi connectivity index (χ2n) is 10.0. The van der Waals surface area contributed by atoms with E-state index in [9.17, 15) is 9.59 Å². The van der Waals surface area contributed by atoms with Crippen LogP contribution in [-0.4, -0.2) is 83.2 Å². The summed E-state index contributed by atoms with van der Waals surface area (Å²) in [6.07, 6.45) is 4.37. The van der Waals surface area contributed by atoms with Crippen LogP contribution in [0.2, 0.25) is 5.02 Å². The molecule has 0 saturated carbocycles. The molecule has 1 aromatic rings. The van der Waals surface area contributed by atoms with Gasteiger partial charge >= 0.3 is 12.1 Å². The zero-order valence-corrected chi connectivity index (χ0v) is 23.1. The van der Waals surface area contributed by atoms with Crippen molar-refractivity contribution in [2.75, 3.05) is 60.2 Å². The summed E-state index contributed by atoms with van der Waals surface area (Å²) < 4.78 is 16.6.